The van der Waals surface area contributed by atoms with Gasteiger partial charge in [0.2, 0.25) is 11.8 Å². The molecule has 0 aromatic heterocycles. The number of amides is 2. The maximum atomic E-state index is 11.9. The van der Waals surface area contributed by atoms with Crippen LogP contribution in [0.3, 0.4) is 0 Å². The van der Waals surface area contributed by atoms with Crippen molar-refractivity contribution in [3.63, 3.8) is 0 Å². The Morgan fingerprint density at radius 3 is 1.30 bits per heavy atom. The van der Waals surface area contributed by atoms with Gasteiger partial charge in [-0.05, 0) is 26.7 Å². The van der Waals surface area contributed by atoms with Crippen molar-refractivity contribution < 1.29 is 9.59 Å². The lowest BCUT2D eigenvalue weighted by molar-refractivity contribution is -0.127. The molecular weight excluding hydrogens is 346 g/mol. The van der Waals surface area contributed by atoms with Crippen molar-refractivity contribution in [2.24, 2.45) is 10.8 Å². The number of carbonyl (C=O) groups excluding carboxylic acids is 2. The Kier molecular flexibility index (Phi) is 3.95. The monoisotopic (exact) mass is 360 g/mol. The molecule has 2 atom stereocenters. The third-order valence-electron chi connectivity index (χ3n) is 4.21. The van der Waals surface area contributed by atoms with E-state index in [1.54, 1.807) is 13.8 Å². The standard InChI is InChI=1S/C12H16Cl4N2O2/c1-9(5-11(9,13)14)7(19)17-3-4-18-8(20)10(2)6-12(10,15)16/h3-6H2,1-2H3,(H,17,19)(H,18,20)/t9-,10-/m1/s1. The van der Waals surface area contributed by atoms with Crippen LogP contribution in [0.1, 0.15) is 26.7 Å². The third-order valence-corrected chi connectivity index (χ3v) is 6.42. The first-order valence-corrected chi connectivity index (χ1v) is 7.80. The lowest BCUT2D eigenvalue weighted by Gasteiger charge is -2.15. The molecule has 2 rings (SSSR count). The van der Waals surface area contributed by atoms with E-state index in [2.05, 4.69) is 10.6 Å². The highest BCUT2D eigenvalue weighted by molar-refractivity contribution is 6.53. The molecule has 0 aromatic carbocycles. The van der Waals surface area contributed by atoms with Gasteiger partial charge < -0.3 is 10.6 Å². The van der Waals surface area contributed by atoms with Crippen LogP contribution >= 0.6 is 46.4 Å². The number of rotatable bonds is 5. The van der Waals surface area contributed by atoms with Gasteiger partial charge in [-0.1, -0.05) is 0 Å². The van der Waals surface area contributed by atoms with Crippen LogP contribution in [0.15, 0.2) is 0 Å². The molecule has 4 nitrogen and oxygen atoms in total. The van der Waals surface area contributed by atoms with E-state index < -0.39 is 19.5 Å². The number of hydrogen-bond acceptors (Lipinski definition) is 2. The smallest absolute Gasteiger partial charge is 0.229 e. The van der Waals surface area contributed by atoms with Gasteiger partial charge in [0.05, 0.1) is 10.8 Å². The molecule has 2 N–H and O–H groups in total. The van der Waals surface area contributed by atoms with E-state index in [9.17, 15) is 9.59 Å². The van der Waals surface area contributed by atoms with E-state index in [4.69, 9.17) is 46.4 Å². The lowest BCUT2D eigenvalue weighted by atomic mass is 10.1. The van der Waals surface area contributed by atoms with Crippen LogP contribution < -0.4 is 10.6 Å². The fourth-order valence-corrected chi connectivity index (χ4v) is 3.45. The predicted molar refractivity (Wildman–Crippen MR) is 80.3 cm³/mol. The number of carbonyl (C=O) groups is 2. The second-order valence-electron chi connectivity index (χ2n) is 5.94. The van der Waals surface area contributed by atoms with Gasteiger partial charge in [0, 0.05) is 13.1 Å². The molecule has 2 aliphatic rings. The van der Waals surface area contributed by atoms with Gasteiger partial charge in [-0.25, -0.2) is 0 Å². The molecule has 0 heterocycles. The molecule has 0 aromatic rings. The summed E-state index contributed by atoms with van der Waals surface area (Å²) < 4.78 is -1.97. The van der Waals surface area contributed by atoms with Gasteiger partial charge in [0.1, 0.15) is 8.67 Å². The zero-order chi connectivity index (χ0) is 15.4. The highest BCUT2D eigenvalue weighted by Crippen LogP contribution is 2.64. The molecule has 2 aliphatic carbocycles. The van der Waals surface area contributed by atoms with Crippen LogP contribution in [-0.4, -0.2) is 33.6 Å². The minimum atomic E-state index is -0.987. The van der Waals surface area contributed by atoms with Gasteiger partial charge in [-0.15, -0.1) is 46.4 Å². The zero-order valence-corrected chi connectivity index (χ0v) is 14.2. The molecule has 0 bridgehead atoms. The number of alkyl halides is 4. The Hall–Kier alpha value is 0.1000. The molecule has 2 saturated carbocycles. The molecule has 20 heavy (non-hydrogen) atoms. The quantitative estimate of drug-likeness (QED) is 0.583. The maximum Gasteiger partial charge on any atom is 0.229 e. The topological polar surface area (TPSA) is 58.2 Å². The third kappa shape index (κ3) is 2.60. The molecule has 0 unspecified atom stereocenters. The van der Waals surface area contributed by atoms with Crippen LogP contribution in [-0.2, 0) is 9.59 Å². The average Bonchev–Trinajstić information content (AvgIpc) is 3.04. The first-order chi connectivity index (χ1) is 8.96. The van der Waals surface area contributed by atoms with E-state index in [0.717, 1.165) is 0 Å². The largest absolute Gasteiger partial charge is 0.354 e. The predicted octanol–water partition coefficient (Wildman–Crippen LogP) is 2.39. The van der Waals surface area contributed by atoms with E-state index in [-0.39, 0.29) is 11.8 Å². The normalized spacial score (nSPS) is 36.1. The van der Waals surface area contributed by atoms with Crippen molar-refractivity contribution in [2.45, 2.75) is 35.4 Å². The molecule has 114 valence electrons. The summed E-state index contributed by atoms with van der Waals surface area (Å²) in [6.45, 7) is 4.03. The van der Waals surface area contributed by atoms with Gasteiger partial charge >= 0.3 is 0 Å². The second-order valence-corrected chi connectivity index (χ2v) is 8.91. The Bertz CT molecular complexity index is 426. The fourth-order valence-electron chi connectivity index (χ4n) is 2.03. The Labute approximate surface area is 137 Å². The van der Waals surface area contributed by atoms with E-state index in [0.29, 0.717) is 25.9 Å². The molecule has 0 saturated heterocycles. The van der Waals surface area contributed by atoms with Crippen LogP contribution in [0.25, 0.3) is 0 Å². The number of halogens is 4. The van der Waals surface area contributed by atoms with E-state index in [1.165, 1.54) is 0 Å². The zero-order valence-electron chi connectivity index (χ0n) is 11.2. The van der Waals surface area contributed by atoms with Crippen LogP contribution in [0.4, 0.5) is 0 Å². The SMILES string of the molecule is C[C@]1(C(=O)NCCNC(=O)[C@@]2(C)CC2(Cl)Cl)CC1(Cl)Cl. The van der Waals surface area contributed by atoms with Crippen molar-refractivity contribution in [3.8, 4) is 0 Å². The van der Waals surface area contributed by atoms with Gasteiger partial charge in [-0.2, -0.15) is 0 Å². The average molecular weight is 362 g/mol. The summed E-state index contributed by atoms with van der Waals surface area (Å²) in [6, 6.07) is 0. The molecule has 8 heteroatoms. The molecule has 0 aliphatic heterocycles. The fraction of sp³-hybridized carbons (Fsp3) is 0.833. The maximum absolute atomic E-state index is 11.9. The summed E-state index contributed by atoms with van der Waals surface area (Å²) in [5.41, 5.74) is -1.49. The van der Waals surface area contributed by atoms with Crippen molar-refractivity contribution in [1.82, 2.24) is 10.6 Å². The molecular formula is C12H16Cl4N2O2. The van der Waals surface area contributed by atoms with Crippen molar-refractivity contribution >= 4 is 58.2 Å². The van der Waals surface area contributed by atoms with Crippen molar-refractivity contribution in [1.29, 1.82) is 0 Å². The second kappa shape index (κ2) is 4.80. The summed E-state index contributed by atoms with van der Waals surface area (Å²) in [6.07, 6.45) is 0.862. The highest BCUT2D eigenvalue weighted by Gasteiger charge is 2.68. The molecule has 0 spiro atoms. The molecule has 2 amide bonds. The summed E-state index contributed by atoms with van der Waals surface area (Å²) in [5, 5.41) is 5.40. The van der Waals surface area contributed by atoms with Crippen LogP contribution in [0.5, 0.6) is 0 Å². The minimum Gasteiger partial charge on any atom is -0.354 e. The lowest BCUT2D eigenvalue weighted by Crippen LogP contribution is -2.41. The summed E-state index contributed by atoms with van der Waals surface area (Å²) in [5.74, 6) is -0.420. The Morgan fingerprint density at radius 1 is 0.850 bits per heavy atom. The summed E-state index contributed by atoms with van der Waals surface area (Å²) in [4.78, 5) is 23.7. The van der Waals surface area contributed by atoms with Crippen molar-refractivity contribution in [3.05, 3.63) is 0 Å². The first-order valence-electron chi connectivity index (χ1n) is 6.29. The molecule has 0 radical (unpaired) electrons. The van der Waals surface area contributed by atoms with Crippen molar-refractivity contribution in [2.75, 3.05) is 13.1 Å². The van der Waals surface area contributed by atoms with Gasteiger partial charge in [0.25, 0.3) is 0 Å². The first kappa shape index (κ1) is 16.5. The van der Waals surface area contributed by atoms with E-state index in [1.807, 2.05) is 0 Å². The minimum absolute atomic E-state index is 0.210. The van der Waals surface area contributed by atoms with Crippen LogP contribution in [0.2, 0.25) is 0 Å². The Morgan fingerprint density at radius 2 is 1.10 bits per heavy atom. The number of hydrogen-bond donors (Lipinski definition) is 2. The summed E-state index contributed by atoms with van der Waals surface area (Å²) in [7, 11) is 0. The van der Waals surface area contributed by atoms with Gasteiger partial charge in [-0.3, -0.25) is 9.59 Å². The Balaban J connectivity index is 1.68. The molecule has 2 fully saturated rings. The van der Waals surface area contributed by atoms with Crippen LogP contribution in [0, 0.1) is 10.8 Å². The van der Waals surface area contributed by atoms with Gasteiger partial charge in [0.15, 0.2) is 0 Å². The summed E-state index contributed by atoms with van der Waals surface area (Å²) >= 11 is 23.6. The number of nitrogens with one attached hydrogen (secondary N) is 2. The highest BCUT2D eigenvalue weighted by atomic mass is 35.5. The van der Waals surface area contributed by atoms with E-state index >= 15 is 0 Å².